The van der Waals surface area contributed by atoms with Crippen molar-refractivity contribution in [1.82, 2.24) is 0 Å². The monoisotopic (exact) mass is 234 g/mol. The van der Waals surface area contributed by atoms with Gasteiger partial charge in [-0.25, -0.2) is 8.78 Å². The van der Waals surface area contributed by atoms with Crippen LogP contribution >= 0.6 is 0 Å². The molecule has 0 aliphatic heterocycles. The van der Waals surface area contributed by atoms with Gasteiger partial charge in [0.25, 0.3) is 0 Å². The Hall–Kier alpha value is -0.890. The third-order valence-corrected chi connectivity index (χ3v) is 1.74. The molecule has 0 aromatic rings. The summed E-state index contributed by atoms with van der Waals surface area (Å²) < 4.78 is 57.2. The molecule has 1 N–H and O–H groups in total. The zero-order chi connectivity index (χ0) is 12.3. The first kappa shape index (κ1) is 14.1. The Morgan fingerprint density at radius 3 is 2.13 bits per heavy atom. The van der Waals surface area contributed by atoms with Crippen molar-refractivity contribution in [2.45, 2.75) is 24.6 Å². The molecule has 0 aromatic carbocycles. The average molecular weight is 234 g/mol. The minimum absolute atomic E-state index is 0.583. The fourth-order valence-electron chi connectivity index (χ4n) is 0.764. The van der Waals surface area contributed by atoms with Gasteiger partial charge in [-0.2, -0.15) is 8.78 Å². The molecular formula is C7H10F4O4. The minimum Gasteiger partial charge on any atom is -0.469 e. The summed E-state index contributed by atoms with van der Waals surface area (Å²) in [7, 11) is 1.44. The molecule has 0 aliphatic carbocycles. The summed E-state index contributed by atoms with van der Waals surface area (Å²) in [6.07, 6.45) is -5.55. The van der Waals surface area contributed by atoms with Gasteiger partial charge >= 0.3 is 18.3 Å². The van der Waals surface area contributed by atoms with E-state index in [1.54, 1.807) is 0 Å². The SMILES string of the molecule is COC(=O)CC(O)(OC)C(F)(F)C(F)F. The molecule has 0 aliphatic rings. The second kappa shape index (κ2) is 4.75. The van der Waals surface area contributed by atoms with Gasteiger partial charge in [0, 0.05) is 7.11 Å². The molecule has 0 rings (SSSR count). The number of methoxy groups -OCH3 is 2. The Bertz CT molecular complexity index is 233. The molecule has 0 bridgehead atoms. The Balaban J connectivity index is 4.91. The smallest absolute Gasteiger partial charge is 0.360 e. The number of rotatable bonds is 5. The first-order valence-electron chi connectivity index (χ1n) is 3.71. The molecule has 0 saturated heterocycles. The van der Waals surface area contributed by atoms with Crippen LogP contribution in [0.2, 0.25) is 0 Å². The van der Waals surface area contributed by atoms with Crippen LogP contribution in [-0.2, 0) is 14.3 Å². The summed E-state index contributed by atoms with van der Waals surface area (Å²) in [5.41, 5.74) is 0. The molecule has 0 fully saturated rings. The summed E-state index contributed by atoms with van der Waals surface area (Å²) in [6.45, 7) is 0. The van der Waals surface area contributed by atoms with Gasteiger partial charge in [0.05, 0.1) is 7.11 Å². The van der Waals surface area contributed by atoms with Crippen LogP contribution in [0.4, 0.5) is 17.6 Å². The standard InChI is InChI=1S/C7H10F4O4/c1-14-4(12)3-6(13,15-2)7(10,11)5(8)9/h5,13H,3H2,1-2H3. The summed E-state index contributed by atoms with van der Waals surface area (Å²) in [5.74, 6) is -9.73. The first-order valence-corrected chi connectivity index (χ1v) is 3.71. The quantitative estimate of drug-likeness (QED) is 0.434. The van der Waals surface area contributed by atoms with Crippen LogP contribution in [0.5, 0.6) is 0 Å². The summed E-state index contributed by atoms with van der Waals surface area (Å²) in [5, 5.41) is 9.07. The predicted octanol–water partition coefficient (Wildman–Crippen LogP) is 0.785. The Kier molecular flexibility index (Phi) is 4.47. The molecule has 1 unspecified atom stereocenters. The number of ether oxygens (including phenoxy) is 2. The van der Waals surface area contributed by atoms with E-state index in [1.165, 1.54) is 0 Å². The van der Waals surface area contributed by atoms with Crippen LogP contribution in [0.15, 0.2) is 0 Å². The zero-order valence-corrected chi connectivity index (χ0v) is 7.97. The number of hydrogen-bond donors (Lipinski definition) is 1. The van der Waals surface area contributed by atoms with Gasteiger partial charge in [-0.1, -0.05) is 0 Å². The molecule has 0 radical (unpaired) electrons. The summed E-state index contributed by atoms with van der Waals surface area (Å²) in [6, 6.07) is 0. The highest BCUT2D eigenvalue weighted by molar-refractivity contribution is 5.70. The number of halogens is 4. The van der Waals surface area contributed by atoms with E-state index in [-0.39, 0.29) is 0 Å². The number of hydrogen-bond acceptors (Lipinski definition) is 4. The van der Waals surface area contributed by atoms with Crippen molar-refractivity contribution in [3.63, 3.8) is 0 Å². The van der Waals surface area contributed by atoms with Gasteiger partial charge in [0.2, 0.25) is 5.79 Å². The van der Waals surface area contributed by atoms with E-state index >= 15 is 0 Å². The Morgan fingerprint density at radius 1 is 1.40 bits per heavy atom. The maximum absolute atomic E-state index is 12.8. The third kappa shape index (κ3) is 2.78. The number of esters is 1. The average Bonchev–Trinajstić information content (AvgIpc) is 2.16. The van der Waals surface area contributed by atoms with Crippen LogP contribution < -0.4 is 0 Å². The maximum Gasteiger partial charge on any atom is 0.360 e. The van der Waals surface area contributed by atoms with Crippen LogP contribution in [0.1, 0.15) is 6.42 Å². The highest BCUT2D eigenvalue weighted by Gasteiger charge is 2.61. The fourth-order valence-corrected chi connectivity index (χ4v) is 0.764. The second-order valence-electron chi connectivity index (χ2n) is 2.67. The maximum atomic E-state index is 12.8. The van der Waals surface area contributed by atoms with E-state index < -0.39 is 30.5 Å². The minimum atomic E-state index is -4.87. The van der Waals surface area contributed by atoms with Crippen molar-refractivity contribution >= 4 is 5.97 Å². The molecule has 90 valence electrons. The molecule has 1 atom stereocenters. The van der Waals surface area contributed by atoms with Gasteiger partial charge in [-0.15, -0.1) is 0 Å². The van der Waals surface area contributed by atoms with Gasteiger partial charge in [-0.3, -0.25) is 4.79 Å². The van der Waals surface area contributed by atoms with Crippen molar-refractivity contribution in [1.29, 1.82) is 0 Å². The normalized spacial score (nSPS) is 16.3. The van der Waals surface area contributed by atoms with Gasteiger partial charge in [0.1, 0.15) is 6.42 Å². The molecule has 4 nitrogen and oxygen atoms in total. The molecule has 0 saturated carbocycles. The van der Waals surface area contributed by atoms with Crippen LogP contribution in [0.3, 0.4) is 0 Å². The van der Waals surface area contributed by atoms with E-state index in [1.807, 2.05) is 0 Å². The number of carbonyl (C=O) groups excluding carboxylic acids is 1. The lowest BCUT2D eigenvalue weighted by Crippen LogP contribution is -2.55. The molecule has 15 heavy (non-hydrogen) atoms. The molecule has 0 amide bonds. The molecule has 8 heteroatoms. The van der Waals surface area contributed by atoms with Crippen LogP contribution in [0.25, 0.3) is 0 Å². The number of aliphatic hydroxyl groups is 1. The van der Waals surface area contributed by atoms with E-state index in [4.69, 9.17) is 5.11 Å². The molecule has 0 spiro atoms. The molecule has 0 aromatic heterocycles. The van der Waals surface area contributed by atoms with Crippen molar-refractivity contribution in [2.75, 3.05) is 14.2 Å². The number of carbonyl (C=O) groups is 1. The largest absolute Gasteiger partial charge is 0.469 e. The van der Waals surface area contributed by atoms with Crippen molar-refractivity contribution in [3.05, 3.63) is 0 Å². The fraction of sp³-hybridized carbons (Fsp3) is 0.857. The Labute approximate surface area is 82.8 Å². The van der Waals surface area contributed by atoms with Gasteiger partial charge in [-0.05, 0) is 0 Å². The Morgan fingerprint density at radius 2 is 1.87 bits per heavy atom. The predicted molar refractivity (Wildman–Crippen MR) is 39.5 cm³/mol. The van der Waals surface area contributed by atoms with Gasteiger partial charge in [0.15, 0.2) is 0 Å². The lowest BCUT2D eigenvalue weighted by Gasteiger charge is -2.32. The van der Waals surface area contributed by atoms with Crippen molar-refractivity contribution in [2.24, 2.45) is 0 Å². The third-order valence-electron chi connectivity index (χ3n) is 1.74. The highest BCUT2D eigenvalue weighted by atomic mass is 19.3. The molecular weight excluding hydrogens is 224 g/mol. The van der Waals surface area contributed by atoms with Gasteiger partial charge < -0.3 is 14.6 Å². The van der Waals surface area contributed by atoms with E-state index in [2.05, 4.69) is 9.47 Å². The topological polar surface area (TPSA) is 55.8 Å². The van der Waals surface area contributed by atoms with E-state index in [9.17, 15) is 22.4 Å². The van der Waals surface area contributed by atoms with Crippen molar-refractivity contribution < 1.29 is 36.9 Å². The van der Waals surface area contributed by atoms with E-state index in [0.29, 0.717) is 7.11 Å². The lowest BCUT2D eigenvalue weighted by molar-refractivity contribution is -0.340. The highest BCUT2D eigenvalue weighted by Crippen LogP contribution is 2.37. The number of alkyl halides is 4. The van der Waals surface area contributed by atoms with Crippen molar-refractivity contribution in [3.8, 4) is 0 Å². The van der Waals surface area contributed by atoms with E-state index in [0.717, 1.165) is 7.11 Å². The summed E-state index contributed by atoms with van der Waals surface area (Å²) in [4.78, 5) is 10.6. The molecule has 0 heterocycles. The zero-order valence-electron chi connectivity index (χ0n) is 7.97. The van der Waals surface area contributed by atoms with Crippen LogP contribution in [0, 0.1) is 0 Å². The summed E-state index contributed by atoms with van der Waals surface area (Å²) >= 11 is 0. The lowest BCUT2D eigenvalue weighted by atomic mass is 10.1. The second-order valence-corrected chi connectivity index (χ2v) is 2.67. The van der Waals surface area contributed by atoms with Crippen LogP contribution in [-0.4, -0.2) is 43.4 Å². The first-order chi connectivity index (χ1) is 6.71.